The summed E-state index contributed by atoms with van der Waals surface area (Å²) in [5.41, 5.74) is 0. The number of rotatable bonds is 5. The van der Waals surface area contributed by atoms with Gasteiger partial charge in [-0.25, -0.2) is 0 Å². The summed E-state index contributed by atoms with van der Waals surface area (Å²) in [6.45, 7) is 4.31. The van der Waals surface area contributed by atoms with E-state index < -0.39 is 6.10 Å². The van der Waals surface area contributed by atoms with E-state index in [2.05, 4.69) is 10.6 Å². The Bertz CT molecular complexity index is 467. The Morgan fingerprint density at radius 3 is 2.70 bits per heavy atom. The Kier molecular flexibility index (Phi) is 6.89. The monoisotopic (exact) mass is 338 g/mol. The van der Waals surface area contributed by atoms with Crippen LogP contribution in [-0.2, 0) is 4.79 Å². The van der Waals surface area contributed by atoms with Crippen LogP contribution in [0.5, 0.6) is 5.75 Å². The number of nitrogens with one attached hydrogen (secondary N) is 2. The predicted octanol–water partition coefficient (Wildman–Crippen LogP) is 2.52. The molecular weight excluding hydrogens is 323 g/mol. The van der Waals surface area contributed by atoms with Crippen LogP contribution in [-0.4, -0.2) is 31.6 Å². The highest BCUT2D eigenvalue weighted by Crippen LogP contribution is 2.26. The molecule has 1 atom stereocenters. The van der Waals surface area contributed by atoms with Crippen molar-refractivity contribution in [3.63, 3.8) is 0 Å². The van der Waals surface area contributed by atoms with Gasteiger partial charge in [0.15, 0.2) is 6.10 Å². The molecule has 0 radical (unpaired) electrons. The smallest absolute Gasteiger partial charge is 0.260 e. The van der Waals surface area contributed by atoms with E-state index in [0.29, 0.717) is 28.3 Å². The third-order valence-electron chi connectivity index (χ3n) is 3.00. The molecule has 1 saturated heterocycles. The first-order chi connectivity index (χ1) is 9.06. The van der Waals surface area contributed by atoms with E-state index >= 15 is 0 Å². The number of carbonyl (C=O) groups is 1. The van der Waals surface area contributed by atoms with Crippen LogP contribution < -0.4 is 15.4 Å². The summed E-state index contributed by atoms with van der Waals surface area (Å²) in [6, 6.07) is 4.93. The van der Waals surface area contributed by atoms with Crippen molar-refractivity contribution in [2.75, 3.05) is 19.6 Å². The summed E-state index contributed by atoms with van der Waals surface area (Å²) in [5, 5.41) is 6.89. The zero-order valence-electron chi connectivity index (χ0n) is 11.0. The lowest BCUT2D eigenvalue weighted by molar-refractivity contribution is -0.127. The molecule has 112 valence electrons. The van der Waals surface area contributed by atoms with Crippen LogP contribution in [0.15, 0.2) is 18.2 Å². The van der Waals surface area contributed by atoms with Crippen molar-refractivity contribution in [1.29, 1.82) is 0 Å². The van der Waals surface area contributed by atoms with Crippen LogP contribution in [0.4, 0.5) is 0 Å². The van der Waals surface area contributed by atoms with Gasteiger partial charge in [-0.3, -0.25) is 4.79 Å². The maximum Gasteiger partial charge on any atom is 0.260 e. The molecule has 2 rings (SSSR count). The number of carbonyl (C=O) groups excluding carboxylic acids is 1. The van der Waals surface area contributed by atoms with Gasteiger partial charge >= 0.3 is 0 Å². The van der Waals surface area contributed by atoms with Crippen molar-refractivity contribution >= 4 is 41.5 Å². The molecule has 1 fully saturated rings. The maximum atomic E-state index is 11.8. The molecule has 1 aromatic carbocycles. The molecule has 0 saturated carbocycles. The Morgan fingerprint density at radius 1 is 1.45 bits per heavy atom. The average Bonchev–Trinajstić information content (AvgIpc) is 2.31. The molecule has 7 heteroatoms. The standard InChI is InChI=1S/C13H16Cl2N2O2.ClH/c1-8(13(18)17-7-9-5-16-6-9)19-10-2-3-11(14)12(15)4-10;/h2-4,8-9,16H,5-7H2,1H3,(H,17,18);1H. The van der Waals surface area contributed by atoms with Crippen molar-refractivity contribution in [1.82, 2.24) is 10.6 Å². The van der Waals surface area contributed by atoms with Gasteiger partial charge in [0.2, 0.25) is 0 Å². The second kappa shape index (κ2) is 7.93. The first-order valence-corrected chi connectivity index (χ1v) is 6.92. The molecule has 4 nitrogen and oxygen atoms in total. The number of ether oxygens (including phenoxy) is 1. The van der Waals surface area contributed by atoms with Crippen molar-refractivity contribution in [3.8, 4) is 5.75 Å². The van der Waals surface area contributed by atoms with Crippen LogP contribution in [0.25, 0.3) is 0 Å². The molecular formula is C13H17Cl3N2O2. The summed E-state index contributed by atoms with van der Waals surface area (Å²) in [6.07, 6.45) is -0.565. The molecule has 1 heterocycles. The highest BCUT2D eigenvalue weighted by atomic mass is 35.5. The Morgan fingerprint density at radius 2 is 2.15 bits per heavy atom. The van der Waals surface area contributed by atoms with E-state index in [4.69, 9.17) is 27.9 Å². The minimum Gasteiger partial charge on any atom is -0.481 e. The van der Waals surface area contributed by atoms with Crippen molar-refractivity contribution in [2.45, 2.75) is 13.0 Å². The molecule has 0 aromatic heterocycles. The van der Waals surface area contributed by atoms with Gasteiger partial charge in [0.05, 0.1) is 10.0 Å². The van der Waals surface area contributed by atoms with Gasteiger partial charge in [0.1, 0.15) is 5.75 Å². The van der Waals surface area contributed by atoms with E-state index in [1.165, 1.54) is 0 Å². The molecule has 20 heavy (non-hydrogen) atoms. The topological polar surface area (TPSA) is 50.4 Å². The third-order valence-corrected chi connectivity index (χ3v) is 3.74. The quantitative estimate of drug-likeness (QED) is 0.866. The van der Waals surface area contributed by atoms with Gasteiger partial charge in [-0.05, 0) is 19.1 Å². The molecule has 1 aliphatic heterocycles. The molecule has 1 aromatic rings. The summed E-state index contributed by atoms with van der Waals surface area (Å²) in [7, 11) is 0. The maximum absolute atomic E-state index is 11.8. The zero-order valence-corrected chi connectivity index (χ0v) is 13.3. The molecule has 0 bridgehead atoms. The molecule has 1 amide bonds. The summed E-state index contributed by atoms with van der Waals surface area (Å²) < 4.78 is 5.53. The van der Waals surface area contributed by atoms with Crippen LogP contribution in [0.3, 0.4) is 0 Å². The van der Waals surface area contributed by atoms with Gasteiger partial charge in [-0.1, -0.05) is 23.2 Å². The minimum absolute atomic E-state index is 0. The predicted molar refractivity (Wildman–Crippen MR) is 83.2 cm³/mol. The Hall–Kier alpha value is -0.680. The van der Waals surface area contributed by atoms with Crippen LogP contribution in [0.2, 0.25) is 10.0 Å². The zero-order chi connectivity index (χ0) is 13.8. The summed E-state index contributed by atoms with van der Waals surface area (Å²) in [5.74, 6) is 0.932. The van der Waals surface area contributed by atoms with Gasteiger partial charge in [-0.15, -0.1) is 12.4 Å². The Balaban J connectivity index is 0.00000200. The average molecular weight is 340 g/mol. The normalized spacial score (nSPS) is 15.8. The van der Waals surface area contributed by atoms with Crippen LogP contribution in [0.1, 0.15) is 6.92 Å². The van der Waals surface area contributed by atoms with E-state index in [-0.39, 0.29) is 18.3 Å². The number of hydrogen-bond acceptors (Lipinski definition) is 3. The van der Waals surface area contributed by atoms with E-state index in [1.54, 1.807) is 25.1 Å². The second-order valence-electron chi connectivity index (χ2n) is 4.61. The molecule has 1 unspecified atom stereocenters. The second-order valence-corrected chi connectivity index (χ2v) is 5.42. The first kappa shape index (κ1) is 17.4. The van der Waals surface area contributed by atoms with Crippen molar-refractivity contribution in [2.24, 2.45) is 5.92 Å². The minimum atomic E-state index is -0.565. The fourth-order valence-corrected chi connectivity index (χ4v) is 1.98. The van der Waals surface area contributed by atoms with Gasteiger partial charge in [0, 0.05) is 31.6 Å². The molecule has 0 spiro atoms. The number of hydrogen-bond donors (Lipinski definition) is 2. The highest BCUT2D eigenvalue weighted by molar-refractivity contribution is 6.42. The highest BCUT2D eigenvalue weighted by Gasteiger charge is 2.20. The lowest BCUT2D eigenvalue weighted by Crippen LogP contribution is -2.49. The van der Waals surface area contributed by atoms with Crippen molar-refractivity contribution < 1.29 is 9.53 Å². The fourth-order valence-electron chi connectivity index (χ4n) is 1.69. The lowest BCUT2D eigenvalue weighted by atomic mass is 10.0. The van der Waals surface area contributed by atoms with Crippen LogP contribution >= 0.6 is 35.6 Å². The van der Waals surface area contributed by atoms with Gasteiger partial charge in [0.25, 0.3) is 5.91 Å². The van der Waals surface area contributed by atoms with Crippen molar-refractivity contribution in [3.05, 3.63) is 28.2 Å². The van der Waals surface area contributed by atoms with E-state index in [9.17, 15) is 4.79 Å². The summed E-state index contributed by atoms with van der Waals surface area (Å²) in [4.78, 5) is 11.8. The largest absolute Gasteiger partial charge is 0.481 e. The van der Waals surface area contributed by atoms with Crippen LogP contribution in [0, 0.1) is 5.92 Å². The van der Waals surface area contributed by atoms with E-state index in [1.807, 2.05) is 0 Å². The molecule has 2 N–H and O–H groups in total. The Labute approximate surface area is 134 Å². The van der Waals surface area contributed by atoms with Gasteiger partial charge in [-0.2, -0.15) is 0 Å². The fraction of sp³-hybridized carbons (Fsp3) is 0.462. The molecule has 1 aliphatic rings. The number of amides is 1. The van der Waals surface area contributed by atoms with Gasteiger partial charge < -0.3 is 15.4 Å². The first-order valence-electron chi connectivity index (χ1n) is 6.16. The van der Waals surface area contributed by atoms with E-state index in [0.717, 1.165) is 13.1 Å². The third kappa shape index (κ3) is 4.70. The molecule has 0 aliphatic carbocycles. The summed E-state index contributed by atoms with van der Waals surface area (Å²) >= 11 is 11.7. The number of benzene rings is 1. The number of halogens is 3. The SMILES string of the molecule is CC(Oc1ccc(Cl)c(Cl)c1)C(=O)NCC1CNC1.Cl. The lowest BCUT2D eigenvalue weighted by Gasteiger charge is -2.27.